The summed E-state index contributed by atoms with van der Waals surface area (Å²) in [6, 6.07) is 17.6. The van der Waals surface area contributed by atoms with Gasteiger partial charge in [0.15, 0.2) is 5.58 Å². The summed E-state index contributed by atoms with van der Waals surface area (Å²) >= 11 is 0.713. The third-order valence-electron chi connectivity index (χ3n) is 4.57. The normalized spacial score (nSPS) is 11.9. The number of carbonyl (C=O) groups excluding carboxylic acids is 1. The van der Waals surface area contributed by atoms with E-state index in [-0.39, 0.29) is 32.7 Å². The minimum atomic E-state index is -4.57. The van der Waals surface area contributed by atoms with E-state index in [4.69, 9.17) is 9.15 Å². The van der Waals surface area contributed by atoms with E-state index in [1.165, 1.54) is 30.3 Å². The highest BCUT2D eigenvalue weighted by atomic mass is 32.1. The van der Waals surface area contributed by atoms with Crippen molar-refractivity contribution in [3.63, 3.8) is 0 Å². The van der Waals surface area contributed by atoms with Gasteiger partial charge >= 0.3 is 17.1 Å². The van der Waals surface area contributed by atoms with E-state index in [1.54, 1.807) is 36.4 Å². The first-order chi connectivity index (χ1) is 15.7. The molecule has 5 nitrogen and oxygen atoms in total. The van der Waals surface area contributed by atoms with Crippen LogP contribution in [-0.4, -0.2) is 5.97 Å². The van der Waals surface area contributed by atoms with Crippen molar-refractivity contribution in [2.45, 2.75) is 6.18 Å². The number of benzene rings is 3. The lowest BCUT2D eigenvalue weighted by Gasteiger charge is -2.10. The van der Waals surface area contributed by atoms with Crippen molar-refractivity contribution < 1.29 is 27.1 Å². The molecule has 0 amide bonds. The fourth-order valence-electron chi connectivity index (χ4n) is 3.10. The predicted octanol–water partition coefficient (Wildman–Crippen LogP) is 6.05. The molecule has 0 aliphatic rings. The molecule has 9 heteroatoms. The van der Waals surface area contributed by atoms with Crippen LogP contribution in [0.1, 0.15) is 11.1 Å². The second kappa shape index (κ2) is 8.76. The van der Waals surface area contributed by atoms with Crippen LogP contribution < -0.4 is 9.68 Å². The number of hydrogen-bond donors (Lipinski definition) is 0. The Bertz CT molecular complexity index is 1480. The summed E-state index contributed by atoms with van der Waals surface area (Å²) in [5, 5.41) is 9.37. The SMILES string of the molecule is N#C/C(=C\c1ccccc1)C(=O)Oc1cc(-c2cccc(C(F)(F)F)c2)c2oc(=O)sc2c1. The van der Waals surface area contributed by atoms with Gasteiger partial charge in [-0.2, -0.15) is 18.4 Å². The van der Waals surface area contributed by atoms with E-state index in [0.717, 1.165) is 12.1 Å². The first-order valence-electron chi connectivity index (χ1n) is 9.39. The van der Waals surface area contributed by atoms with Crippen LogP contribution in [0.3, 0.4) is 0 Å². The molecule has 0 saturated carbocycles. The third kappa shape index (κ3) is 4.86. The van der Waals surface area contributed by atoms with Crippen LogP contribution in [0.4, 0.5) is 13.2 Å². The average Bonchev–Trinajstić information content (AvgIpc) is 3.17. The number of ether oxygens (including phenoxy) is 1. The van der Waals surface area contributed by atoms with Gasteiger partial charge in [0.05, 0.1) is 10.3 Å². The van der Waals surface area contributed by atoms with Crippen LogP contribution in [0.15, 0.2) is 81.5 Å². The van der Waals surface area contributed by atoms with E-state index < -0.39 is 22.6 Å². The largest absolute Gasteiger partial charge is 0.422 e. The average molecular weight is 467 g/mol. The van der Waals surface area contributed by atoms with Gasteiger partial charge in [0.25, 0.3) is 0 Å². The summed E-state index contributed by atoms with van der Waals surface area (Å²) < 4.78 is 50.3. The number of alkyl halides is 3. The lowest BCUT2D eigenvalue weighted by Crippen LogP contribution is -2.10. The van der Waals surface area contributed by atoms with Gasteiger partial charge in [-0.15, -0.1) is 0 Å². The van der Waals surface area contributed by atoms with Gasteiger partial charge in [-0.25, -0.2) is 9.59 Å². The van der Waals surface area contributed by atoms with Crippen molar-refractivity contribution in [3.8, 4) is 22.9 Å². The molecule has 1 heterocycles. The maximum atomic E-state index is 13.2. The van der Waals surface area contributed by atoms with Gasteiger partial charge in [0.2, 0.25) is 0 Å². The fourth-order valence-corrected chi connectivity index (χ4v) is 3.83. The number of nitriles is 1. The molecule has 0 atom stereocenters. The number of esters is 1. The topological polar surface area (TPSA) is 80.3 Å². The molecule has 0 saturated heterocycles. The summed E-state index contributed by atoms with van der Waals surface area (Å²) in [7, 11) is 0. The summed E-state index contributed by atoms with van der Waals surface area (Å²) in [4.78, 5) is 23.7. The van der Waals surface area contributed by atoms with E-state index in [2.05, 4.69) is 0 Å². The van der Waals surface area contributed by atoms with Gasteiger partial charge in [0, 0.05) is 11.6 Å². The highest BCUT2D eigenvalue weighted by Crippen LogP contribution is 2.37. The third-order valence-corrected chi connectivity index (χ3v) is 5.34. The van der Waals surface area contributed by atoms with Crippen LogP contribution in [0, 0.1) is 11.3 Å². The minimum absolute atomic E-state index is 0.0498. The Balaban J connectivity index is 1.76. The molecule has 0 spiro atoms. The van der Waals surface area contributed by atoms with E-state index in [9.17, 15) is 28.0 Å². The summed E-state index contributed by atoms with van der Waals surface area (Å²) in [6.07, 6.45) is -3.22. The van der Waals surface area contributed by atoms with Crippen molar-refractivity contribution in [1.29, 1.82) is 5.26 Å². The first-order valence-corrected chi connectivity index (χ1v) is 10.2. The molecule has 4 aromatic rings. The lowest BCUT2D eigenvalue weighted by atomic mass is 10.0. The fraction of sp³-hybridized carbons (Fsp3) is 0.0417. The zero-order valence-electron chi connectivity index (χ0n) is 16.6. The zero-order valence-corrected chi connectivity index (χ0v) is 17.4. The van der Waals surface area contributed by atoms with Crippen molar-refractivity contribution in [3.05, 3.63) is 93.2 Å². The Labute approximate surface area is 188 Å². The van der Waals surface area contributed by atoms with Crippen molar-refractivity contribution >= 4 is 33.7 Å². The molecule has 164 valence electrons. The first kappa shape index (κ1) is 22.0. The van der Waals surface area contributed by atoms with Crippen molar-refractivity contribution in [2.24, 2.45) is 0 Å². The molecule has 0 aliphatic heterocycles. The number of nitrogens with zero attached hydrogens (tertiary/aromatic N) is 1. The van der Waals surface area contributed by atoms with E-state index >= 15 is 0 Å². The number of fused-ring (bicyclic) bond motifs is 1. The maximum Gasteiger partial charge on any atom is 0.416 e. The molecule has 0 fully saturated rings. The quantitative estimate of drug-likeness (QED) is 0.158. The molecular weight excluding hydrogens is 455 g/mol. The van der Waals surface area contributed by atoms with Gasteiger partial charge in [0.1, 0.15) is 17.4 Å². The van der Waals surface area contributed by atoms with Gasteiger partial charge in [-0.05, 0) is 35.4 Å². The molecule has 4 rings (SSSR count). The highest BCUT2D eigenvalue weighted by molar-refractivity contribution is 7.16. The molecule has 0 N–H and O–H groups in total. The molecule has 1 aromatic heterocycles. The van der Waals surface area contributed by atoms with E-state index in [1.807, 2.05) is 0 Å². The molecule has 0 aliphatic carbocycles. The molecule has 0 bridgehead atoms. The molecule has 33 heavy (non-hydrogen) atoms. The van der Waals surface area contributed by atoms with Crippen molar-refractivity contribution in [2.75, 3.05) is 0 Å². The lowest BCUT2D eigenvalue weighted by molar-refractivity contribution is -0.137. The second-order valence-corrected chi connectivity index (χ2v) is 7.78. The highest BCUT2D eigenvalue weighted by Gasteiger charge is 2.30. The predicted molar refractivity (Wildman–Crippen MR) is 116 cm³/mol. The minimum Gasteiger partial charge on any atom is -0.422 e. The zero-order chi connectivity index (χ0) is 23.6. The van der Waals surface area contributed by atoms with E-state index in [0.29, 0.717) is 16.9 Å². The number of carbonyl (C=O) groups is 1. The Morgan fingerprint density at radius 2 is 1.82 bits per heavy atom. The van der Waals surface area contributed by atoms with Crippen LogP contribution in [-0.2, 0) is 11.0 Å². The van der Waals surface area contributed by atoms with Gasteiger partial charge in [-0.3, -0.25) is 0 Å². The monoisotopic (exact) mass is 467 g/mol. The van der Waals surface area contributed by atoms with Crippen LogP contribution in [0.5, 0.6) is 5.75 Å². The number of rotatable bonds is 4. The second-order valence-electron chi connectivity index (χ2n) is 6.80. The standard InChI is InChI=1S/C24H12F3NO4S/c25-24(26,27)17-8-4-7-15(10-17)19-11-18(12-20-21(19)32-23(30)33-20)31-22(29)16(13-28)9-14-5-2-1-3-6-14/h1-12H/b16-9+. The number of hydrogen-bond acceptors (Lipinski definition) is 6. The van der Waals surface area contributed by atoms with Crippen molar-refractivity contribution in [1.82, 2.24) is 0 Å². The Morgan fingerprint density at radius 3 is 2.52 bits per heavy atom. The summed E-state index contributed by atoms with van der Waals surface area (Å²) in [5.74, 6) is -1.00. The van der Waals surface area contributed by atoms with Crippen LogP contribution >= 0.6 is 11.3 Å². The smallest absolute Gasteiger partial charge is 0.416 e. The molecule has 3 aromatic carbocycles. The Hall–Kier alpha value is -4.16. The summed E-state index contributed by atoms with van der Waals surface area (Å²) in [5.41, 5.74) is -0.212. The summed E-state index contributed by atoms with van der Waals surface area (Å²) in [6.45, 7) is 0. The molecule has 0 radical (unpaired) electrons. The Morgan fingerprint density at radius 1 is 1.06 bits per heavy atom. The number of halogens is 3. The molecular formula is C24H12F3NO4S. The van der Waals surface area contributed by atoms with Gasteiger partial charge in [-0.1, -0.05) is 53.8 Å². The molecule has 0 unspecified atom stereocenters. The van der Waals surface area contributed by atoms with Gasteiger partial charge < -0.3 is 9.15 Å². The Kier molecular flexibility index (Phi) is 5.85. The van der Waals surface area contributed by atoms with Crippen LogP contribution in [0.25, 0.3) is 27.5 Å². The maximum absolute atomic E-state index is 13.2. The van der Waals surface area contributed by atoms with Crippen LogP contribution in [0.2, 0.25) is 0 Å².